The fourth-order valence-corrected chi connectivity index (χ4v) is 6.96. The van der Waals surface area contributed by atoms with Gasteiger partial charge in [0.25, 0.3) is 0 Å². The van der Waals surface area contributed by atoms with E-state index in [9.17, 15) is 4.79 Å². The number of carbonyl (C=O) groups is 1. The molecular weight excluding hydrogens is 500 g/mol. The highest BCUT2D eigenvalue weighted by Gasteiger charge is 2.33. The number of nitrogens with one attached hydrogen (secondary N) is 1. The number of anilines is 1. The number of hydrogen-bond acceptors (Lipinski definition) is 6. The van der Waals surface area contributed by atoms with Gasteiger partial charge in [-0.15, -0.1) is 0 Å². The number of benzene rings is 1. The summed E-state index contributed by atoms with van der Waals surface area (Å²) >= 11 is 0. The van der Waals surface area contributed by atoms with Crippen LogP contribution in [0.2, 0.25) is 0 Å². The van der Waals surface area contributed by atoms with Gasteiger partial charge in [0.1, 0.15) is 11.3 Å². The Hall–Kier alpha value is -2.97. The number of rotatable bonds is 6. The molecule has 1 amide bonds. The second-order valence-corrected chi connectivity index (χ2v) is 12.1. The van der Waals surface area contributed by atoms with Crippen molar-refractivity contribution in [2.75, 3.05) is 44.7 Å². The van der Waals surface area contributed by atoms with Crippen molar-refractivity contribution in [2.24, 2.45) is 5.92 Å². The van der Waals surface area contributed by atoms with Crippen LogP contribution in [0.25, 0.3) is 11.2 Å². The second-order valence-electron chi connectivity index (χ2n) is 12.1. The Labute approximate surface area is 238 Å². The lowest BCUT2D eigenvalue weighted by Gasteiger charge is -2.41. The van der Waals surface area contributed by atoms with Gasteiger partial charge in [-0.05, 0) is 88.6 Å². The summed E-state index contributed by atoms with van der Waals surface area (Å²) in [7, 11) is 0. The number of fused-ring (bicyclic) bond motifs is 1. The van der Waals surface area contributed by atoms with Gasteiger partial charge in [0.05, 0.1) is 19.8 Å². The molecule has 0 bridgehead atoms. The van der Waals surface area contributed by atoms with E-state index in [1.165, 1.54) is 11.1 Å². The summed E-state index contributed by atoms with van der Waals surface area (Å²) in [5.41, 5.74) is 6.54. The Kier molecular flexibility index (Phi) is 8.08. The van der Waals surface area contributed by atoms with Crippen LogP contribution < -0.4 is 5.32 Å². The van der Waals surface area contributed by atoms with E-state index in [1.807, 2.05) is 6.92 Å². The zero-order valence-corrected chi connectivity index (χ0v) is 24.4. The summed E-state index contributed by atoms with van der Waals surface area (Å²) in [4.78, 5) is 27.5. The van der Waals surface area contributed by atoms with Crippen LogP contribution in [-0.2, 0) is 16.1 Å². The molecule has 1 aromatic carbocycles. The van der Waals surface area contributed by atoms with Crippen LogP contribution in [0.3, 0.4) is 0 Å². The predicted molar refractivity (Wildman–Crippen MR) is 159 cm³/mol. The topological polar surface area (TPSA) is 75.5 Å². The molecule has 40 heavy (non-hydrogen) atoms. The molecule has 1 saturated carbocycles. The Bertz CT molecular complexity index is 1310. The Morgan fingerprint density at radius 2 is 1.62 bits per heavy atom. The molecule has 0 radical (unpaired) electrons. The van der Waals surface area contributed by atoms with Crippen molar-refractivity contribution in [3.63, 3.8) is 0 Å². The quantitative estimate of drug-likeness (QED) is 0.485. The molecule has 4 heterocycles. The smallest absolute Gasteiger partial charge is 0.225 e. The minimum Gasteiger partial charge on any atom is -0.382 e. The van der Waals surface area contributed by atoms with Crippen LogP contribution in [0, 0.1) is 26.7 Å². The molecule has 3 fully saturated rings. The first-order valence-corrected chi connectivity index (χ1v) is 15.2. The number of nitrogens with zero attached hydrogens (tertiary/aromatic N) is 5. The standard InChI is InChI=1S/C32H44N6O2/c1-22-20-23(2)33-31-30(22)34-24(3)38(31)21-25-4-8-27(9-5-25)35-28-10-6-26(7-11-28)32(39)37-14-12-29(13-15-37)36-16-18-40-19-17-36/h4-5,8-9,20,26,28-29,35H,6-7,10-19,21H2,1-3H3. The predicted octanol–water partition coefficient (Wildman–Crippen LogP) is 4.70. The summed E-state index contributed by atoms with van der Waals surface area (Å²) < 4.78 is 7.72. The normalized spacial score (nSPS) is 23.0. The van der Waals surface area contributed by atoms with Crippen molar-refractivity contribution >= 4 is 22.8 Å². The molecule has 6 rings (SSSR count). The van der Waals surface area contributed by atoms with E-state index < -0.39 is 0 Å². The van der Waals surface area contributed by atoms with Crippen molar-refractivity contribution in [2.45, 2.75) is 77.9 Å². The van der Waals surface area contributed by atoms with Gasteiger partial charge in [0, 0.05) is 55.6 Å². The third kappa shape index (κ3) is 5.88. The maximum atomic E-state index is 13.3. The average Bonchev–Trinajstić information content (AvgIpc) is 3.29. The molecule has 3 aliphatic rings. The van der Waals surface area contributed by atoms with Crippen LogP contribution in [0.15, 0.2) is 30.3 Å². The maximum Gasteiger partial charge on any atom is 0.225 e. The van der Waals surface area contributed by atoms with Crippen molar-refractivity contribution < 1.29 is 9.53 Å². The zero-order chi connectivity index (χ0) is 27.6. The SMILES string of the molecule is Cc1cc(C)c2nc(C)n(Cc3ccc(NC4CCC(C(=O)N5CCC(N6CCOCC6)CC5)CC4)cc3)c2n1. The van der Waals surface area contributed by atoms with Crippen molar-refractivity contribution in [1.82, 2.24) is 24.3 Å². The van der Waals surface area contributed by atoms with Gasteiger partial charge in [-0.25, -0.2) is 9.97 Å². The molecular formula is C32H44N6O2. The maximum absolute atomic E-state index is 13.3. The summed E-state index contributed by atoms with van der Waals surface area (Å²) in [6, 6.07) is 11.9. The average molecular weight is 545 g/mol. The number of aryl methyl sites for hydroxylation is 3. The van der Waals surface area contributed by atoms with Gasteiger partial charge < -0.3 is 19.5 Å². The van der Waals surface area contributed by atoms with Gasteiger partial charge in [0.2, 0.25) is 5.91 Å². The van der Waals surface area contributed by atoms with Crippen LogP contribution in [-0.4, -0.2) is 81.7 Å². The molecule has 2 aliphatic heterocycles. The molecule has 1 aliphatic carbocycles. The number of ether oxygens (including phenoxy) is 1. The van der Waals surface area contributed by atoms with E-state index >= 15 is 0 Å². The minimum absolute atomic E-state index is 0.189. The first-order valence-electron chi connectivity index (χ1n) is 15.2. The van der Waals surface area contributed by atoms with Crippen molar-refractivity contribution in [3.8, 4) is 0 Å². The first kappa shape index (κ1) is 27.2. The fourth-order valence-electron chi connectivity index (χ4n) is 6.96. The lowest BCUT2D eigenvalue weighted by molar-refractivity contribution is -0.138. The van der Waals surface area contributed by atoms with Crippen molar-refractivity contribution in [3.05, 3.63) is 53.0 Å². The van der Waals surface area contributed by atoms with Crippen LogP contribution in [0.4, 0.5) is 5.69 Å². The van der Waals surface area contributed by atoms with E-state index in [0.29, 0.717) is 18.0 Å². The molecule has 8 heteroatoms. The third-order valence-electron chi connectivity index (χ3n) is 9.29. The third-order valence-corrected chi connectivity index (χ3v) is 9.29. The number of likely N-dealkylation sites (tertiary alicyclic amines) is 1. The van der Waals surface area contributed by atoms with E-state index in [1.54, 1.807) is 0 Å². The van der Waals surface area contributed by atoms with E-state index in [2.05, 4.69) is 63.9 Å². The molecule has 2 saturated heterocycles. The highest BCUT2D eigenvalue weighted by Crippen LogP contribution is 2.30. The lowest BCUT2D eigenvalue weighted by atomic mass is 9.84. The summed E-state index contributed by atoms with van der Waals surface area (Å²) in [5.74, 6) is 1.58. The molecule has 8 nitrogen and oxygen atoms in total. The van der Waals surface area contributed by atoms with E-state index in [0.717, 1.165) is 113 Å². The van der Waals surface area contributed by atoms with Crippen LogP contribution in [0.1, 0.15) is 61.2 Å². The summed E-state index contributed by atoms with van der Waals surface area (Å²) in [5, 5.41) is 3.73. The number of pyridine rings is 1. The Morgan fingerprint density at radius 3 is 2.33 bits per heavy atom. The molecule has 3 aromatic rings. The van der Waals surface area contributed by atoms with E-state index in [4.69, 9.17) is 14.7 Å². The largest absolute Gasteiger partial charge is 0.382 e. The number of morpholine rings is 1. The fraction of sp³-hybridized carbons (Fsp3) is 0.594. The molecule has 214 valence electrons. The van der Waals surface area contributed by atoms with Gasteiger partial charge in [-0.3, -0.25) is 9.69 Å². The first-order chi connectivity index (χ1) is 19.4. The number of carbonyl (C=O) groups excluding carboxylic acids is 1. The molecule has 2 aromatic heterocycles. The second kappa shape index (κ2) is 11.9. The minimum atomic E-state index is 0.189. The molecule has 0 atom stereocenters. The number of piperidine rings is 1. The van der Waals surface area contributed by atoms with E-state index in [-0.39, 0.29) is 5.92 Å². The zero-order valence-electron chi connectivity index (χ0n) is 24.4. The Morgan fingerprint density at radius 1 is 0.925 bits per heavy atom. The lowest BCUT2D eigenvalue weighted by Crippen LogP contribution is -2.51. The molecule has 1 N–H and O–H groups in total. The van der Waals surface area contributed by atoms with Gasteiger partial charge in [-0.2, -0.15) is 0 Å². The highest BCUT2D eigenvalue weighted by molar-refractivity contribution is 5.79. The van der Waals surface area contributed by atoms with Gasteiger partial charge >= 0.3 is 0 Å². The number of hydrogen-bond donors (Lipinski definition) is 1. The number of amides is 1. The van der Waals surface area contributed by atoms with Gasteiger partial charge in [0.15, 0.2) is 5.65 Å². The number of imidazole rings is 1. The number of aromatic nitrogens is 3. The Balaban J connectivity index is 0.980. The highest BCUT2D eigenvalue weighted by atomic mass is 16.5. The summed E-state index contributed by atoms with van der Waals surface area (Å²) in [6.45, 7) is 12.6. The molecule has 0 unspecified atom stereocenters. The van der Waals surface area contributed by atoms with Crippen LogP contribution >= 0.6 is 0 Å². The monoisotopic (exact) mass is 544 g/mol. The van der Waals surface area contributed by atoms with Crippen molar-refractivity contribution in [1.29, 1.82) is 0 Å². The van der Waals surface area contributed by atoms with Gasteiger partial charge in [-0.1, -0.05) is 12.1 Å². The summed E-state index contributed by atoms with van der Waals surface area (Å²) in [6.07, 6.45) is 6.27. The molecule has 0 spiro atoms. The van der Waals surface area contributed by atoms with Crippen LogP contribution in [0.5, 0.6) is 0 Å².